The van der Waals surface area contributed by atoms with Crippen LogP contribution in [-0.4, -0.2) is 56.9 Å². The summed E-state index contributed by atoms with van der Waals surface area (Å²) in [5.41, 5.74) is 2.51. The van der Waals surface area contributed by atoms with Crippen molar-refractivity contribution in [3.05, 3.63) is 58.7 Å². The molecule has 0 aromatic heterocycles. The zero-order valence-corrected chi connectivity index (χ0v) is 22.7. The van der Waals surface area contributed by atoms with Crippen molar-refractivity contribution in [1.82, 2.24) is 0 Å². The first-order valence-corrected chi connectivity index (χ1v) is 11.4. The van der Waals surface area contributed by atoms with Crippen molar-refractivity contribution in [3.63, 3.8) is 0 Å². The van der Waals surface area contributed by atoms with E-state index in [1.165, 1.54) is 0 Å². The predicted octanol–water partition coefficient (Wildman–Crippen LogP) is 4.56. The topological polar surface area (TPSA) is 73.8 Å². The fraction of sp³-hybridized carbons (Fsp3) is 0.267. The number of hydrogen-bond donors (Lipinski definition) is 0. The van der Waals surface area contributed by atoms with Crippen LogP contribution in [0, 0.1) is 23.7 Å². The Labute approximate surface area is 223 Å². The van der Waals surface area contributed by atoms with E-state index < -0.39 is 0 Å². The van der Waals surface area contributed by atoms with Crippen LogP contribution in [0.3, 0.4) is 0 Å². The molecule has 0 atom stereocenters. The molecular weight excluding hydrogens is 488 g/mol. The smallest absolute Gasteiger partial charge is 0.203 e. The lowest BCUT2D eigenvalue weighted by molar-refractivity contribution is 0.324. The molecule has 0 amide bonds. The van der Waals surface area contributed by atoms with E-state index in [1.54, 1.807) is 93.3 Å². The van der Waals surface area contributed by atoms with E-state index in [2.05, 4.69) is 23.7 Å². The summed E-state index contributed by atoms with van der Waals surface area (Å²) in [5, 5.41) is 0. The minimum absolute atomic E-state index is 0.490. The summed E-state index contributed by atoms with van der Waals surface area (Å²) in [4.78, 5) is 0. The summed E-state index contributed by atoms with van der Waals surface area (Å²) >= 11 is 0. The van der Waals surface area contributed by atoms with Gasteiger partial charge in [0.05, 0.1) is 68.0 Å². The van der Waals surface area contributed by atoms with Gasteiger partial charge in [-0.15, -0.1) is 0 Å². The van der Waals surface area contributed by atoms with Crippen LogP contribution in [0.25, 0.3) is 0 Å². The van der Waals surface area contributed by atoms with Crippen LogP contribution < -0.4 is 37.9 Å². The van der Waals surface area contributed by atoms with E-state index in [9.17, 15) is 0 Å². The summed E-state index contributed by atoms with van der Waals surface area (Å²) in [5.74, 6) is 16.7. The van der Waals surface area contributed by atoms with Gasteiger partial charge in [0, 0.05) is 11.1 Å². The standard InChI is InChI=1S/C30H30O8/c1-31-23-17-21(11-9-19-13-24(32-2)29(37-7)25(14-19)33-3)28(36-6)22(18-23)12-10-20-15-26(34-4)30(38-8)27(16-20)35-5/h13-18H,1-8H3. The Morgan fingerprint density at radius 1 is 0.368 bits per heavy atom. The van der Waals surface area contributed by atoms with Gasteiger partial charge >= 0.3 is 0 Å². The molecule has 0 aliphatic heterocycles. The molecule has 8 heteroatoms. The molecule has 3 aromatic carbocycles. The zero-order chi connectivity index (χ0) is 27.7. The molecule has 0 saturated carbocycles. The molecule has 0 aliphatic rings. The minimum Gasteiger partial charge on any atom is -0.497 e. The Kier molecular flexibility index (Phi) is 9.45. The molecule has 0 spiro atoms. The number of methoxy groups -OCH3 is 8. The summed E-state index contributed by atoms with van der Waals surface area (Å²) in [6.45, 7) is 0. The second kappa shape index (κ2) is 12.9. The summed E-state index contributed by atoms with van der Waals surface area (Å²) in [6.07, 6.45) is 0. The van der Waals surface area contributed by atoms with Crippen molar-refractivity contribution >= 4 is 0 Å². The van der Waals surface area contributed by atoms with Gasteiger partial charge < -0.3 is 37.9 Å². The Morgan fingerprint density at radius 3 is 0.974 bits per heavy atom. The van der Waals surface area contributed by atoms with Gasteiger partial charge in [-0.1, -0.05) is 23.7 Å². The van der Waals surface area contributed by atoms with Crippen LogP contribution in [0.15, 0.2) is 36.4 Å². The second-order valence-electron chi connectivity index (χ2n) is 7.58. The molecule has 3 aromatic rings. The maximum absolute atomic E-state index is 5.71. The molecular formula is C30H30O8. The average Bonchev–Trinajstić information content (AvgIpc) is 2.96. The average molecular weight is 519 g/mol. The Bertz CT molecular complexity index is 1270. The van der Waals surface area contributed by atoms with Crippen LogP contribution in [0.5, 0.6) is 46.0 Å². The summed E-state index contributed by atoms with van der Waals surface area (Å²) < 4.78 is 43.7. The van der Waals surface area contributed by atoms with Gasteiger partial charge in [0.15, 0.2) is 23.0 Å². The van der Waals surface area contributed by atoms with Gasteiger partial charge in [-0.2, -0.15) is 0 Å². The first-order valence-electron chi connectivity index (χ1n) is 11.4. The highest BCUT2D eigenvalue weighted by atomic mass is 16.5. The molecule has 0 aliphatic carbocycles. The first kappa shape index (κ1) is 27.8. The molecule has 0 fully saturated rings. The molecule has 198 valence electrons. The van der Waals surface area contributed by atoms with E-state index >= 15 is 0 Å². The highest BCUT2D eigenvalue weighted by Gasteiger charge is 2.15. The molecule has 0 heterocycles. The third kappa shape index (κ3) is 5.93. The third-order valence-electron chi connectivity index (χ3n) is 5.51. The van der Waals surface area contributed by atoms with Gasteiger partial charge in [-0.3, -0.25) is 0 Å². The van der Waals surface area contributed by atoms with E-state index in [0.717, 1.165) is 0 Å². The normalized spacial score (nSPS) is 9.68. The monoisotopic (exact) mass is 518 g/mol. The predicted molar refractivity (Wildman–Crippen MR) is 144 cm³/mol. The Morgan fingerprint density at radius 2 is 0.711 bits per heavy atom. The van der Waals surface area contributed by atoms with Gasteiger partial charge in [-0.25, -0.2) is 0 Å². The molecule has 0 radical (unpaired) electrons. The van der Waals surface area contributed by atoms with Crippen molar-refractivity contribution in [2.75, 3.05) is 56.9 Å². The number of ether oxygens (including phenoxy) is 8. The zero-order valence-electron chi connectivity index (χ0n) is 22.7. The summed E-state index contributed by atoms with van der Waals surface area (Å²) in [6, 6.07) is 10.7. The lowest BCUT2D eigenvalue weighted by atomic mass is 10.1. The van der Waals surface area contributed by atoms with Gasteiger partial charge in [0.2, 0.25) is 11.5 Å². The fourth-order valence-electron chi connectivity index (χ4n) is 3.71. The molecule has 0 N–H and O–H groups in total. The Balaban J connectivity index is 2.11. The van der Waals surface area contributed by atoms with Gasteiger partial charge in [0.25, 0.3) is 0 Å². The SMILES string of the molecule is COc1cc(C#Cc2cc(OC)c(OC)c(OC)c2)c(OC)c(C#Cc2cc(OC)c(OC)c(OC)c2)c1. The quantitative estimate of drug-likeness (QED) is 0.402. The fourth-order valence-corrected chi connectivity index (χ4v) is 3.71. The highest BCUT2D eigenvalue weighted by molar-refractivity contribution is 5.64. The molecule has 38 heavy (non-hydrogen) atoms. The van der Waals surface area contributed by atoms with Crippen LogP contribution in [0.2, 0.25) is 0 Å². The molecule has 0 saturated heterocycles. The summed E-state index contributed by atoms with van der Waals surface area (Å²) in [7, 11) is 12.5. The lowest BCUT2D eigenvalue weighted by Crippen LogP contribution is -1.97. The largest absolute Gasteiger partial charge is 0.497 e. The minimum atomic E-state index is 0.490. The van der Waals surface area contributed by atoms with E-state index in [0.29, 0.717) is 68.2 Å². The maximum Gasteiger partial charge on any atom is 0.203 e. The molecule has 0 unspecified atom stereocenters. The van der Waals surface area contributed by atoms with Crippen molar-refractivity contribution in [1.29, 1.82) is 0 Å². The van der Waals surface area contributed by atoms with Crippen molar-refractivity contribution in [2.45, 2.75) is 0 Å². The third-order valence-corrected chi connectivity index (χ3v) is 5.51. The number of hydrogen-bond acceptors (Lipinski definition) is 8. The highest BCUT2D eigenvalue weighted by Crippen LogP contribution is 2.39. The number of rotatable bonds is 8. The molecule has 3 rings (SSSR count). The van der Waals surface area contributed by atoms with Gasteiger partial charge in [0.1, 0.15) is 11.5 Å². The second-order valence-corrected chi connectivity index (χ2v) is 7.58. The van der Waals surface area contributed by atoms with Crippen LogP contribution in [0.4, 0.5) is 0 Å². The molecule has 0 bridgehead atoms. The van der Waals surface area contributed by atoms with Gasteiger partial charge in [-0.05, 0) is 36.4 Å². The number of benzene rings is 3. The van der Waals surface area contributed by atoms with Crippen molar-refractivity contribution in [2.24, 2.45) is 0 Å². The van der Waals surface area contributed by atoms with Crippen molar-refractivity contribution in [3.8, 4) is 69.7 Å². The van der Waals surface area contributed by atoms with Crippen LogP contribution in [-0.2, 0) is 0 Å². The molecule has 8 nitrogen and oxygen atoms in total. The van der Waals surface area contributed by atoms with Crippen LogP contribution >= 0.6 is 0 Å². The maximum atomic E-state index is 5.71. The first-order chi connectivity index (χ1) is 18.5. The lowest BCUT2D eigenvalue weighted by Gasteiger charge is -2.12. The van der Waals surface area contributed by atoms with E-state index in [-0.39, 0.29) is 0 Å². The van der Waals surface area contributed by atoms with E-state index in [4.69, 9.17) is 37.9 Å². The van der Waals surface area contributed by atoms with Crippen LogP contribution in [0.1, 0.15) is 22.3 Å². The Hall–Kier alpha value is -4.82. The van der Waals surface area contributed by atoms with E-state index in [1.807, 2.05) is 0 Å². The van der Waals surface area contributed by atoms with Crippen molar-refractivity contribution < 1.29 is 37.9 Å².